The van der Waals surface area contributed by atoms with Crippen LogP contribution in [0, 0.1) is 10.8 Å². The van der Waals surface area contributed by atoms with Crippen LogP contribution in [0.15, 0.2) is 14.6 Å². The first kappa shape index (κ1) is 16.5. The summed E-state index contributed by atoms with van der Waals surface area (Å²) in [6.45, 7) is 6.74. The molecule has 0 bridgehead atoms. The molecule has 1 aromatic rings. The number of aliphatic hydroxyl groups excluding tert-OH is 1. The number of aliphatic hydroxyl groups is 1. The Morgan fingerprint density at radius 1 is 1.27 bits per heavy atom. The summed E-state index contributed by atoms with van der Waals surface area (Å²) in [5.74, 6) is -0.494. The molecule has 1 aliphatic carbocycles. The van der Waals surface area contributed by atoms with Crippen LogP contribution in [-0.4, -0.2) is 39.0 Å². The van der Waals surface area contributed by atoms with Gasteiger partial charge in [0.05, 0.1) is 6.10 Å². The van der Waals surface area contributed by atoms with Crippen molar-refractivity contribution in [1.82, 2.24) is 9.97 Å². The first-order chi connectivity index (χ1) is 10.1. The van der Waals surface area contributed by atoms with Crippen molar-refractivity contribution in [3.63, 3.8) is 0 Å². The maximum Gasteiger partial charge on any atom is 0.328 e. The van der Waals surface area contributed by atoms with Gasteiger partial charge in [-0.1, -0.05) is 20.8 Å². The predicted octanol–water partition coefficient (Wildman–Crippen LogP) is 0.765. The van der Waals surface area contributed by atoms with E-state index in [1.807, 2.05) is 4.98 Å². The third kappa shape index (κ3) is 3.85. The number of rotatable bonds is 3. The normalized spacial score (nSPS) is 28.1. The molecule has 0 aliphatic heterocycles. The lowest BCUT2D eigenvalue weighted by Gasteiger charge is -2.44. The maximum absolute atomic E-state index is 11.6. The Morgan fingerprint density at radius 3 is 2.55 bits per heavy atom. The van der Waals surface area contributed by atoms with Crippen molar-refractivity contribution in [2.24, 2.45) is 15.8 Å². The Balaban J connectivity index is 2.15. The molecule has 2 rings (SSSR count). The monoisotopic (exact) mass is 309 g/mol. The van der Waals surface area contributed by atoms with Crippen LogP contribution in [0.5, 0.6) is 5.88 Å². The Bertz CT molecular complexity index is 689. The van der Waals surface area contributed by atoms with Crippen molar-refractivity contribution < 1.29 is 10.2 Å². The fourth-order valence-electron chi connectivity index (χ4n) is 3.66. The highest BCUT2D eigenvalue weighted by molar-refractivity contribution is 5.81. The summed E-state index contributed by atoms with van der Waals surface area (Å²) < 4.78 is 0. The number of nitrogens with one attached hydrogen (secondary N) is 2. The number of nitrogens with zero attached hydrogens (tertiary/aromatic N) is 1. The summed E-state index contributed by atoms with van der Waals surface area (Å²) in [6, 6.07) is 0. The van der Waals surface area contributed by atoms with Gasteiger partial charge in [0.2, 0.25) is 5.88 Å². The van der Waals surface area contributed by atoms with E-state index in [1.54, 1.807) is 0 Å². The summed E-state index contributed by atoms with van der Waals surface area (Å²) in [7, 11) is 0. The molecule has 22 heavy (non-hydrogen) atoms. The van der Waals surface area contributed by atoms with Crippen LogP contribution in [0.25, 0.3) is 0 Å². The molecule has 4 N–H and O–H groups in total. The van der Waals surface area contributed by atoms with Crippen molar-refractivity contribution in [2.75, 3.05) is 6.54 Å². The van der Waals surface area contributed by atoms with Crippen LogP contribution in [0.2, 0.25) is 0 Å². The van der Waals surface area contributed by atoms with E-state index in [-0.39, 0.29) is 22.5 Å². The van der Waals surface area contributed by atoms with Crippen molar-refractivity contribution in [3.05, 3.63) is 26.4 Å². The van der Waals surface area contributed by atoms with Crippen molar-refractivity contribution >= 4 is 6.21 Å². The number of hydrogen-bond acceptors (Lipinski definition) is 5. The zero-order valence-electron chi connectivity index (χ0n) is 13.1. The summed E-state index contributed by atoms with van der Waals surface area (Å²) in [6.07, 6.45) is 3.26. The molecule has 1 heterocycles. The third-order valence-corrected chi connectivity index (χ3v) is 4.07. The second-order valence-corrected chi connectivity index (χ2v) is 7.35. The van der Waals surface area contributed by atoms with Crippen molar-refractivity contribution in [2.45, 2.75) is 46.1 Å². The number of H-pyrrole nitrogens is 2. The van der Waals surface area contributed by atoms with E-state index in [0.29, 0.717) is 13.0 Å². The first-order valence-electron chi connectivity index (χ1n) is 7.34. The molecule has 1 saturated carbocycles. The number of aliphatic imine (C=N–C) groups is 1. The second-order valence-electron chi connectivity index (χ2n) is 7.35. The highest BCUT2D eigenvalue weighted by Crippen LogP contribution is 2.46. The molecular formula is C15H23N3O4. The number of aromatic hydroxyl groups is 1. The Kier molecular flexibility index (Phi) is 4.28. The quantitative estimate of drug-likeness (QED) is 0.616. The lowest BCUT2D eigenvalue weighted by Crippen LogP contribution is -2.40. The van der Waals surface area contributed by atoms with Crippen LogP contribution in [0.3, 0.4) is 0 Å². The van der Waals surface area contributed by atoms with E-state index in [0.717, 1.165) is 12.8 Å². The zero-order valence-corrected chi connectivity index (χ0v) is 13.1. The molecule has 1 aliphatic rings. The van der Waals surface area contributed by atoms with E-state index in [1.165, 1.54) is 6.21 Å². The highest BCUT2D eigenvalue weighted by atomic mass is 16.3. The lowest BCUT2D eigenvalue weighted by atomic mass is 9.63. The van der Waals surface area contributed by atoms with Gasteiger partial charge >= 0.3 is 5.69 Å². The molecule has 0 radical (unpaired) electrons. The minimum absolute atomic E-state index is 0.0412. The first-order valence-corrected chi connectivity index (χ1v) is 7.34. The van der Waals surface area contributed by atoms with Gasteiger partial charge in [0.25, 0.3) is 5.56 Å². The van der Waals surface area contributed by atoms with Gasteiger partial charge in [0, 0.05) is 12.8 Å². The standard InChI is InChI=1S/C15H23N3O4/c1-14(2)4-9(19)5-15(3,7-14)8-16-6-10-11(20)17-13(22)18-12(10)21/h6,9,19H,4-5,7-8H2,1-3H3,(H3,17,18,20,21,22)/t9-,15-/m1/s1. The molecule has 0 unspecified atom stereocenters. The summed E-state index contributed by atoms with van der Waals surface area (Å²) in [5, 5.41) is 19.6. The van der Waals surface area contributed by atoms with E-state index in [9.17, 15) is 19.8 Å². The average Bonchev–Trinajstić information content (AvgIpc) is 2.28. The molecular weight excluding hydrogens is 286 g/mol. The van der Waals surface area contributed by atoms with Crippen molar-refractivity contribution in [1.29, 1.82) is 0 Å². The Hall–Kier alpha value is -1.89. The smallest absolute Gasteiger partial charge is 0.328 e. The van der Waals surface area contributed by atoms with Gasteiger partial charge in [-0.15, -0.1) is 0 Å². The molecule has 2 atom stereocenters. The summed E-state index contributed by atoms with van der Waals surface area (Å²) in [5.41, 5.74) is -1.64. The molecule has 0 spiro atoms. The van der Waals surface area contributed by atoms with E-state index in [4.69, 9.17) is 0 Å². The number of aromatic nitrogens is 2. The average molecular weight is 309 g/mol. The van der Waals surface area contributed by atoms with E-state index < -0.39 is 17.1 Å². The van der Waals surface area contributed by atoms with Gasteiger partial charge in [-0.05, 0) is 30.1 Å². The van der Waals surface area contributed by atoms with Gasteiger partial charge in [-0.25, -0.2) is 4.79 Å². The van der Waals surface area contributed by atoms with Crippen LogP contribution in [0.4, 0.5) is 0 Å². The summed E-state index contributed by atoms with van der Waals surface area (Å²) >= 11 is 0. The maximum atomic E-state index is 11.6. The van der Waals surface area contributed by atoms with Gasteiger partial charge < -0.3 is 10.2 Å². The zero-order chi connectivity index (χ0) is 16.5. The topological polar surface area (TPSA) is 119 Å². The highest BCUT2D eigenvalue weighted by Gasteiger charge is 2.40. The Labute approximate surface area is 128 Å². The SMILES string of the molecule is CC1(C)C[C@@H](O)C[C@@](C)(CN=Cc2c(O)[nH]c(=O)[nH]c2=O)C1. The van der Waals surface area contributed by atoms with Crippen LogP contribution < -0.4 is 11.2 Å². The number of aromatic amines is 2. The minimum Gasteiger partial charge on any atom is -0.494 e. The fourth-order valence-corrected chi connectivity index (χ4v) is 3.66. The molecule has 1 aromatic heterocycles. The van der Waals surface area contributed by atoms with Crippen LogP contribution in [0.1, 0.15) is 45.6 Å². The largest absolute Gasteiger partial charge is 0.494 e. The fraction of sp³-hybridized carbons (Fsp3) is 0.667. The minimum atomic E-state index is -0.760. The van der Waals surface area contributed by atoms with Crippen LogP contribution >= 0.6 is 0 Å². The number of hydrogen-bond donors (Lipinski definition) is 4. The van der Waals surface area contributed by atoms with E-state index in [2.05, 4.69) is 30.7 Å². The second kappa shape index (κ2) is 5.72. The van der Waals surface area contributed by atoms with Gasteiger partial charge in [0.1, 0.15) is 5.56 Å². The lowest BCUT2D eigenvalue weighted by molar-refractivity contribution is -0.00472. The molecule has 0 saturated heterocycles. The summed E-state index contributed by atoms with van der Waals surface area (Å²) in [4.78, 5) is 31.0. The Morgan fingerprint density at radius 2 is 1.95 bits per heavy atom. The van der Waals surface area contributed by atoms with Crippen LogP contribution in [-0.2, 0) is 0 Å². The van der Waals surface area contributed by atoms with Gasteiger partial charge in [-0.3, -0.25) is 19.8 Å². The molecule has 1 fully saturated rings. The molecule has 0 aromatic carbocycles. The third-order valence-electron chi connectivity index (χ3n) is 4.07. The molecule has 7 heteroatoms. The van der Waals surface area contributed by atoms with Gasteiger partial charge in [0.15, 0.2) is 0 Å². The van der Waals surface area contributed by atoms with E-state index >= 15 is 0 Å². The molecule has 7 nitrogen and oxygen atoms in total. The van der Waals surface area contributed by atoms with Gasteiger partial charge in [-0.2, -0.15) is 0 Å². The predicted molar refractivity (Wildman–Crippen MR) is 83.6 cm³/mol. The van der Waals surface area contributed by atoms with Crippen molar-refractivity contribution in [3.8, 4) is 5.88 Å². The molecule has 0 amide bonds. The molecule has 122 valence electrons.